The molecular formula is C14H20N4S2. The molecule has 20 heavy (non-hydrogen) atoms. The van der Waals surface area contributed by atoms with E-state index in [0.717, 1.165) is 35.7 Å². The molecule has 0 amide bonds. The summed E-state index contributed by atoms with van der Waals surface area (Å²) in [5.41, 5.74) is 6.01. The Balaban J connectivity index is 1.75. The van der Waals surface area contributed by atoms with E-state index >= 15 is 0 Å². The maximum Gasteiger partial charge on any atom is 0.146 e. The quantitative estimate of drug-likeness (QED) is 0.924. The van der Waals surface area contributed by atoms with E-state index < -0.39 is 0 Å². The van der Waals surface area contributed by atoms with E-state index in [0.29, 0.717) is 10.6 Å². The lowest BCUT2D eigenvalue weighted by Crippen LogP contribution is -2.27. The smallest absolute Gasteiger partial charge is 0.146 e. The van der Waals surface area contributed by atoms with E-state index in [1.807, 2.05) is 11.4 Å². The number of nitrogens with two attached hydrogens (primary N) is 1. The molecule has 108 valence electrons. The van der Waals surface area contributed by atoms with Crippen molar-refractivity contribution in [2.75, 3.05) is 24.6 Å². The van der Waals surface area contributed by atoms with E-state index in [1.165, 1.54) is 12.2 Å². The third-order valence-electron chi connectivity index (χ3n) is 3.70. The summed E-state index contributed by atoms with van der Waals surface area (Å²) >= 11 is 3.69. The van der Waals surface area contributed by atoms with Crippen LogP contribution in [0.15, 0.2) is 11.4 Å². The number of thiophene rings is 1. The van der Waals surface area contributed by atoms with Gasteiger partial charge in [-0.1, -0.05) is 13.8 Å². The summed E-state index contributed by atoms with van der Waals surface area (Å²) in [4.78, 5) is 12.5. The second-order valence-electron chi connectivity index (χ2n) is 5.80. The highest BCUT2D eigenvalue weighted by Gasteiger charge is 2.24. The third kappa shape index (κ3) is 3.07. The van der Waals surface area contributed by atoms with Crippen molar-refractivity contribution in [2.24, 2.45) is 0 Å². The predicted molar refractivity (Wildman–Crippen MR) is 88.3 cm³/mol. The first kappa shape index (κ1) is 14.1. The van der Waals surface area contributed by atoms with Gasteiger partial charge in [0.25, 0.3) is 0 Å². The first-order valence-electron chi connectivity index (χ1n) is 6.89. The second-order valence-corrected chi connectivity index (χ2v) is 8.50. The zero-order valence-corrected chi connectivity index (χ0v) is 13.6. The second kappa shape index (κ2) is 5.50. The lowest BCUT2D eigenvalue weighted by atomic mass is 10.1. The highest BCUT2D eigenvalue weighted by molar-refractivity contribution is 8.00. The van der Waals surface area contributed by atoms with Crippen molar-refractivity contribution in [2.45, 2.75) is 31.6 Å². The maximum absolute atomic E-state index is 6.01. The molecule has 4 nitrogen and oxygen atoms in total. The zero-order chi connectivity index (χ0) is 14.2. The molecule has 3 heterocycles. The van der Waals surface area contributed by atoms with Gasteiger partial charge >= 0.3 is 0 Å². The van der Waals surface area contributed by atoms with E-state index in [-0.39, 0.29) is 0 Å². The molecule has 0 atom stereocenters. The Bertz CT molecular complexity index is 608. The van der Waals surface area contributed by atoms with Crippen molar-refractivity contribution in [3.05, 3.63) is 17.3 Å². The Morgan fingerprint density at radius 2 is 2.20 bits per heavy atom. The molecule has 1 aliphatic heterocycles. The molecule has 2 aromatic heterocycles. The summed E-state index contributed by atoms with van der Waals surface area (Å²) in [6.45, 7) is 7.65. The molecule has 0 aliphatic carbocycles. The van der Waals surface area contributed by atoms with Crippen LogP contribution in [-0.4, -0.2) is 38.5 Å². The molecule has 0 unspecified atom stereocenters. The Morgan fingerprint density at radius 1 is 1.35 bits per heavy atom. The van der Waals surface area contributed by atoms with Gasteiger partial charge in [0.15, 0.2) is 0 Å². The molecule has 0 saturated carbocycles. The molecule has 0 aromatic carbocycles. The van der Waals surface area contributed by atoms with Crippen molar-refractivity contribution in [1.29, 1.82) is 0 Å². The topological polar surface area (TPSA) is 55.0 Å². The summed E-state index contributed by atoms with van der Waals surface area (Å²) in [7, 11) is 0. The van der Waals surface area contributed by atoms with Gasteiger partial charge in [0.1, 0.15) is 16.5 Å². The van der Waals surface area contributed by atoms with Crippen molar-refractivity contribution < 1.29 is 0 Å². The molecule has 1 fully saturated rings. The van der Waals surface area contributed by atoms with Crippen molar-refractivity contribution in [3.8, 4) is 0 Å². The Morgan fingerprint density at radius 3 is 3.05 bits per heavy atom. The molecule has 1 saturated heterocycles. The van der Waals surface area contributed by atoms with Gasteiger partial charge in [-0.2, -0.15) is 11.8 Å². The van der Waals surface area contributed by atoms with Gasteiger partial charge in [-0.15, -0.1) is 11.3 Å². The van der Waals surface area contributed by atoms with Crippen molar-refractivity contribution >= 4 is 39.1 Å². The minimum atomic E-state index is 0.381. The highest BCUT2D eigenvalue weighted by Crippen LogP contribution is 2.31. The molecule has 1 aliphatic rings. The number of fused-ring (bicyclic) bond motifs is 1. The zero-order valence-electron chi connectivity index (χ0n) is 11.9. The van der Waals surface area contributed by atoms with Crippen LogP contribution in [0.3, 0.4) is 0 Å². The number of anilines is 1. The van der Waals surface area contributed by atoms with Crippen LogP contribution in [0.1, 0.15) is 26.1 Å². The molecule has 0 radical (unpaired) electrons. The molecule has 3 rings (SSSR count). The monoisotopic (exact) mass is 308 g/mol. The first-order chi connectivity index (χ1) is 9.53. The van der Waals surface area contributed by atoms with Crippen molar-refractivity contribution in [3.63, 3.8) is 0 Å². The van der Waals surface area contributed by atoms with Crippen LogP contribution in [0.25, 0.3) is 10.2 Å². The SMILES string of the molecule is CC1(C)CCN(Cc2nc(N)c3ccsc3n2)CCS1. The molecule has 2 aromatic rings. The van der Waals surface area contributed by atoms with E-state index in [4.69, 9.17) is 5.73 Å². The lowest BCUT2D eigenvalue weighted by molar-refractivity contribution is 0.270. The van der Waals surface area contributed by atoms with Crippen LogP contribution in [-0.2, 0) is 6.54 Å². The van der Waals surface area contributed by atoms with Gasteiger partial charge in [-0.25, -0.2) is 9.97 Å². The van der Waals surface area contributed by atoms with Gasteiger partial charge in [0.2, 0.25) is 0 Å². The van der Waals surface area contributed by atoms with Gasteiger partial charge in [-0.05, 0) is 24.4 Å². The van der Waals surface area contributed by atoms with Crippen LogP contribution in [0.5, 0.6) is 0 Å². The number of nitrogen functional groups attached to an aromatic ring is 1. The lowest BCUT2D eigenvalue weighted by Gasteiger charge is -2.22. The summed E-state index contributed by atoms with van der Waals surface area (Å²) in [6.07, 6.45) is 1.20. The average molecular weight is 308 g/mol. The minimum absolute atomic E-state index is 0.381. The van der Waals surface area contributed by atoms with Crippen LogP contribution in [0.4, 0.5) is 5.82 Å². The Hall–Kier alpha value is -0.850. The number of thioether (sulfide) groups is 1. The van der Waals surface area contributed by atoms with E-state index in [9.17, 15) is 0 Å². The predicted octanol–water partition coefficient (Wildman–Crippen LogP) is 2.99. The van der Waals surface area contributed by atoms with E-state index in [2.05, 4.69) is 40.5 Å². The van der Waals surface area contributed by atoms with Crippen LogP contribution >= 0.6 is 23.1 Å². The largest absolute Gasteiger partial charge is 0.383 e. The Kier molecular flexibility index (Phi) is 3.88. The molecule has 0 spiro atoms. The van der Waals surface area contributed by atoms with E-state index in [1.54, 1.807) is 11.3 Å². The summed E-state index contributed by atoms with van der Waals surface area (Å²) < 4.78 is 0.381. The summed E-state index contributed by atoms with van der Waals surface area (Å²) in [5, 5.41) is 3.00. The summed E-state index contributed by atoms with van der Waals surface area (Å²) in [5.74, 6) is 2.63. The van der Waals surface area contributed by atoms with Crippen LogP contribution < -0.4 is 5.73 Å². The van der Waals surface area contributed by atoms with Crippen LogP contribution in [0.2, 0.25) is 0 Å². The highest BCUT2D eigenvalue weighted by atomic mass is 32.2. The van der Waals surface area contributed by atoms with Gasteiger partial charge < -0.3 is 5.73 Å². The summed E-state index contributed by atoms with van der Waals surface area (Å²) in [6, 6.07) is 1.99. The normalized spacial score (nSPS) is 20.1. The number of aromatic nitrogens is 2. The average Bonchev–Trinajstić information content (AvgIpc) is 2.78. The molecule has 6 heteroatoms. The van der Waals surface area contributed by atoms with Gasteiger partial charge in [0.05, 0.1) is 11.9 Å². The number of rotatable bonds is 2. The number of hydrogen-bond donors (Lipinski definition) is 1. The fourth-order valence-corrected chi connectivity index (χ4v) is 4.34. The number of hydrogen-bond acceptors (Lipinski definition) is 6. The molecular weight excluding hydrogens is 288 g/mol. The standard InChI is InChI=1S/C14H20N4S2/c1-14(2)4-5-18(6-8-20-14)9-11-16-12(15)10-3-7-19-13(10)17-11/h3,7H,4-6,8-9H2,1-2H3,(H2,15,16,17). The molecule has 2 N–H and O–H groups in total. The minimum Gasteiger partial charge on any atom is -0.383 e. The van der Waals surface area contributed by atoms with Gasteiger partial charge in [-0.3, -0.25) is 4.90 Å². The number of nitrogens with zero attached hydrogens (tertiary/aromatic N) is 3. The fourth-order valence-electron chi connectivity index (χ4n) is 2.42. The molecule has 0 bridgehead atoms. The third-order valence-corrected chi connectivity index (χ3v) is 5.88. The van der Waals surface area contributed by atoms with Gasteiger partial charge in [0, 0.05) is 17.0 Å². The van der Waals surface area contributed by atoms with Crippen LogP contribution in [0, 0.1) is 0 Å². The van der Waals surface area contributed by atoms with Crippen molar-refractivity contribution in [1.82, 2.24) is 14.9 Å². The fraction of sp³-hybridized carbons (Fsp3) is 0.571. The maximum atomic E-state index is 6.01. The first-order valence-corrected chi connectivity index (χ1v) is 8.76. The Labute approximate surface area is 127 Å².